The standard InChI is InChI=1S/C24H31N9O/c1-15-12-27-19(13-26-15)10-24(34)29-18-6-4-17(5-7-18)28-14-23-25-9-8-21(31-23)30-22-11-20(32-33-22)16-2-3-16/h8-9,11-13,16-18,28H,2-7,10,14H2,1H3,(H,29,34)(H2,25,30,31,32,33). The summed E-state index contributed by atoms with van der Waals surface area (Å²) >= 11 is 0. The monoisotopic (exact) mass is 461 g/mol. The van der Waals surface area contributed by atoms with Gasteiger partial charge in [0.05, 0.1) is 24.4 Å². The molecule has 2 aliphatic carbocycles. The van der Waals surface area contributed by atoms with E-state index in [-0.39, 0.29) is 18.4 Å². The van der Waals surface area contributed by atoms with Crippen LogP contribution in [0.5, 0.6) is 0 Å². The Bertz CT molecular complexity index is 1100. The fraction of sp³-hybridized carbons (Fsp3) is 0.500. The zero-order chi connectivity index (χ0) is 23.3. The van der Waals surface area contributed by atoms with E-state index in [2.05, 4.69) is 52.2 Å². The number of amides is 1. The van der Waals surface area contributed by atoms with E-state index < -0.39 is 0 Å². The van der Waals surface area contributed by atoms with Crippen LogP contribution in [0.4, 0.5) is 11.6 Å². The van der Waals surface area contributed by atoms with Crippen molar-refractivity contribution in [1.29, 1.82) is 0 Å². The summed E-state index contributed by atoms with van der Waals surface area (Å²) in [5, 5.41) is 17.4. The van der Waals surface area contributed by atoms with Crippen molar-refractivity contribution in [2.75, 3.05) is 5.32 Å². The topological polar surface area (TPSA) is 133 Å². The maximum absolute atomic E-state index is 12.3. The van der Waals surface area contributed by atoms with Gasteiger partial charge < -0.3 is 16.0 Å². The van der Waals surface area contributed by atoms with Crippen LogP contribution >= 0.6 is 0 Å². The second kappa shape index (κ2) is 10.3. The fourth-order valence-electron chi connectivity index (χ4n) is 4.32. The molecule has 3 heterocycles. The Hall–Kier alpha value is -3.40. The number of hydrogen-bond donors (Lipinski definition) is 4. The van der Waals surface area contributed by atoms with Gasteiger partial charge in [0.2, 0.25) is 5.91 Å². The number of rotatable bonds is 9. The van der Waals surface area contributed by atoms with Crippen molar-refractivity contribution in [3.8, 4) is 0 Å². The number of aromatic nitrogens is 6. The van der Waals surface area contributed by atoms with Gasteiger partial charge >= 0.3 is 0 Å². The highest BCUT2D eigenvalue weighted by Crippen LogP contribution is 2.39. The van der Waals surface area contributed by atoms with Crippen molar-refractivity contribution in [3.63, 3.8) is 0 Å². The Morgan fingerprint density at radius 1 is 1.03 bits per heavy atom. The zero-order valence-corrected chi connectivity index (χ0v) is 19.4. The highest BCUT2D eigenvalue weighted by molar-refractivity contribution is 5.78. The van der Waals surface area contributed by atoms with Crippen molar-refractivity contribution in [2.45, 2.75) is 76.4 Å². The molecule has 0 unspecified atom stereocenters. The van der Waals surface area contributed by atoms with E-state index in [9.17, 15) is 4.79 Å². The van der Waals surface area contributed by atoms with E-state index in [0.717, 1.165) is 48.8 Å². The summed E-state index contributed by atoms with van der Waals surface area (Å²) in [5.74, 6) is 2.92. The predicted molar refractivity (Wildman–Crippen MR) is 127 cm³/mol. The van der Waals surface area contributed by atoms with E-state index in [4.69, 9.17) is 0 Å². The van der Waals surface area contributed by atoms with Crippen LogP contribution in [0.3, 0.4) is 0 Å². The van der Waals surface area contributed by atoms with Gasteiger partial charge in [-0.2, -0.15) is 5.10 Å². The summed E-state index contributed by atoms with van der Waals surface area (Å²) in [6.45, 7) is 2.49. The molecular formula is C24H31N9O. The van der Waals surface area contributed by atoms with Crippen molar-refractivity contribution in [3.05, 3.63) is 53.6 Å². The van der Waals surface area contributed by atoms with E-state index in [1.54, 1.807) is 18.6 Å². The van der Waals surface area contributed by atoms with Gasteiger partial charge in [0.25, 0.3) is 0 Å². The summed E-state index contributed by atoms with van der Waals surface area (Å²) in [6.07, 6.45) is 11.8. The number of H-pyrrole nitrogens is 1. The lowest BCUT2D eigenvalue weighted by Gasteiger charge is -2.29. The summed E-state index contributed by atoms with van der Waals surface area (Å²) in [5.41, 5.74) is 2.74. The Balaban J connectivity index is 1.04. The van der Waals surface area contributed by atoms with Gasteiger partial charge in [-0.25, -0.2) is 9.97 Å². The molecule has 2 saturated carbocycles. The van der Waals surface area contributed by atoms with Crippen molar-refractivity contribution < 1.29 is 4.79 Å². The van der Waals surface area contributed by atoms with Gasteiger partial charge in [0, 0.05) is 48.4 Å². The van der Waals surface area contributed by atoms with Crippen molar-refractivity contribution in [1.82, 2.24) is 40.8 Å². The molecule has 2 aliphatic rings. The Kier molecular flexibility index (Phi) is 6.75. The molecule has 0 aromatic carbocycles. The van der Waals surface area contributed by atoms with Crippen LogP contribution in [0.2, 0.25) is 0 Å². The number of carbonyl (C=O) groups is 1. The predicted octanol–water partition coefficient (Wildman–Crippen LogP) is 2.68. The normalized spacial score (nSPS) is 20.1. The molecule has 0 atom stereocenters. The lowest BCUT2D eigenvalue weighted by atomic mass is 9.91. The van der Waals surface area contributed by atoms with Gasteiger partial charge in [0.1, 0.15) is 11.6 Å². The second-order valence-corrected chi connectivity index (χ2v) is 9.29. The molecule has 5 rings (SSSR count). The molecule has 4 N–H and O–H groups in total. The Labute approximate surface area is 198 Å². The van der Waals surface area contributed by atoms with Crippen LogP contribution in [0, 0.1) is 6.92 Å². The smallest absolute Gasteiger partial charge is 0.226 e. The lowest BCUT2D eigenvalue weighted by Crippen LogP contribution is -2.42. The molecule has 10 heteroatoms. The molecule has 0 radical (unpaired) electrons. The molecule has 1 amide bonds. The average Bonchev–Trinajstić information content (AvgIpc) is 3.59. The second-order valence-electron chi connectivity index (χ2n) is 9.29. The highest BCUT2D eigenvalue weighted by Gasteiger charge is 2.25. The molecule has 178 valence electrons. The summed E-state index contributed by atoms with van der Waals surface area (Å²) in [7, 11) is 0. The van der Waals surface area contributed by atoms with Gasteiger partial charge in [-0.05, 0) is 51.5 Å². The summed E-state index contributed by atoms with van der Waals surface area (Å²) < 4.78 is 0. The number of aryl methyl sites for hydroxylation is 1. The average molecular weight is 462 g/mol. The molecule has 34 heavy (non-hydrogen) atoms. The maximum Gasteiger partial charge on any atom is 0.226 e. The number of hydrogen-bond acceptors (Lipinski definition) is 8. The SMILES string of the molecule is Cc1cnc(CC(=O)NC2CCC(NCc3nccc(Nc4cc(C5CC5)[nH]n4)n3)CC2)cn1. The van der Waals surface area contributed by atoms with Crippen molar-refractivity contribution in [2.24, 2.45) is 0 Å². The van der Waals surface area contributed by atoms with Crippen LogP contribution in [0.25, 0.3) is 0 Å². The molecule has 0 aliphatic heterocycles. The third-order valence-corrected chi connectivity index (χ3v) is 6.39. The van der Waals surface area contributed by atoms with Gasteiger partial charge in [-0.1, -0.05) is 0 Å². The highest BCUT2D eigenvalue weighted by atomic mass is 16.1. The third-order valence-electron chi connectivity index (χ3n) is 6.39. The van der Waals surface area contributed by atoms with E-state index >= 15 is 0 Å². The number of anilines is 2. The Morgan fingerprint density at radius 3 is 2.62 bits per heavy atom. The van der Waals surface area contributed by atoms with Gasteiger partial charge in [-0.3, -0.25) is 19.9 Å². The zero-order valence-electron chi connectivity index (χ0n) is 19.4. The quantitative estimate of drug-likeness (QED) is 0.382. The third kappa shape index (κ3) is 6.13. The van der Waals surface area contributed by atoms with E-state index in [1.165, 1.54) is 18.5 Å². The Morgan fingerprint density at radius 2 is 1.85 bits per heavy atom. The van der Waals surface area contributed by atoms with Crippen LogP contribution < -0.4 is 16.0 Å². The van der Waals surface area contributed by atoms with Crippen molar-refractivity contribution >= 4 is 17.5 Å². The minimum atomic E-state index is 0.00782. The molecule has 3 aromatic heterocycles. The molecule has 3 aromatic rings. The van der Waals surface area contributed by atoms with Gasteiger partial charge in [0.15, 0.2) is 5.82 Å². The van der Waals surface area contributed by atoms with E-state index in [0.29, 0.717) is 24.2 Å². The number of aromatic amines is 1. The van der Waals surface area contributed by atoms with E-state index in [1.807, 2.05) is 13.0 Å². The lowest BCUT2D eigenvalue weighted by molar-refractivity contribution is -0.121. The molecule has 2 fully saturated rings. The fourth-order valence-corrected chi connectivity index (χ4v) is 4.32. The molecule has 0 saturated heterocycles. The van der Waals surface area contributed by atoms with Crippen LogP contribution in [0.1, 0.15) is 67.3 Å². The maximum atomic E-state index is 12.3. The number of carbonyl (C=O) groups excluding carboxylic acids is 1. The number of nitrogens with zero attached hydrogens (tertiary/aromatic N) is 5. The first-order valence-corrected chi connectivity index (χ1v) is 12.1. The first-order valence-electron chi connectivity index (χ1n) is 12.1. The first kappa shape index (κ1) is 22.4. The molecular weight excluding hydrogens is 430 g/mol. The molecule has 0 bridgehead atoms. The molecule has 10 nitrogen and oxygen atoms in total. The minimum absolute atomic E-state index is 0.00782. The van der Waals surface area contributed by atoms with Gasteiger partial charge in [-0.15, -0.1) is 0 Å². The number of nitrogens with one attached hydrogen (secondary N) is 4. The van der Waals surface area contributed by atoms with Crippen LogP contribution in [-0.4, -0.2) is 48.1 Å². The van der Waals surface area contributed by atoms with Crippen LogP contribution in [0.15, 0.2) is 30.7 Å². The largest absolute Gasteiger partial charge is 0.353 e. The summed E-state index contributed by atoms with van der Waals surface area (Å²) in [6, 6.07) is 4.51. The minimum Gasteiger partial charge on any atom is -0.353 e. The molecule has 0 spiro atoms. The van der Waals surface area contributed by atoms with Crippen LogP contribution in [-0.2, 0) is 17.8 Å². The first-order chi connectivity index (χ1) is 16.6. The summed E-state index contributed by atoms with van der Waals surface area (Å²) in [4.78, 5) is 29.8.